The molecule has 0 N–H and O–H groups in total. The van der Waals surface area contributed by atoms with Crippen LogP contribution in [0.25, 0.3) is 0 Å². The van der Waals surface area contributed by atoms with E-state index in [1.54, 1.807) is 0 Å². The number of rotatable bonds is 5. The lowest BCUT2D eigenvalue weighted by molar-refractivity contribution is 0.0550. The predicted molar refractivity (Wildman–Crippen MR) is 54.2 cm³/mol. The monoisotopic (exact) mass is 266 g/mol. The Morgan fingerprint density at radius 1 is 1.38 bits per heavy atom. The van der Waals surface area contributed by atoms with Gasteiger partial charge in [0.05, 0.1) is 12.7 Å². The van der Waals surface area contributed by atoms with Crippen LogP contribution in [-0.4, -0.2) is 29.5 Å². The van der Waals surface area contributed by atoms with E-state index in [-0.39, 0.29) is 6.10 Å². The number of aromatic nitrogens is 2. The summed E-state index contributed by atoms with van der Waals surface area (Å²) in [7, 11) is 0. The van der Waals surface area contributed by atoms with Crippen LogP contribution in [0.1, 0.15) is 13.8 Å². The van der Waals surface area contributed by atoms with Crippen LogP contribution in [0, 0.1) is 0 Å². The number of hydrogen-bond donors (Lipinski definition) is 0. The summed E-state index contributed by atoms with van der Waals surface area (Å²) >= 11 is 4.56. The fourth-order valence-corrected chi connectivity index (χ4v) is 1.61. The first-order valence-corrected chi connectivity index (χ1v) is 5.53. The van der Waals surface area contributed by atoms with E-state index in [1.165, 1.54) is 11.3 Å². The molecule has 0 aliphatic heterocycles. The molecule has 74 valence electrons. The van der Waals surface area contributed by atoms with Gasteiger partial charge < -0.3 is 9.47 Å². The van der Waals surface area contributed by atoms with E-state index in [4.69, 9.17) is 9.47 Å². The zero-order chi connectivity index (χ0) is 9.68. The van der Waals surface area contributed by atoms with Crippen molar-refractivity contribution in [3.8, 4) is 5.19 Å². The smallest absolute Gasteiger partial charge is 0.294 e. The van der Waals surface area contributed by atoms with Gasteiger partial charge in [-0.1, -0.05) is 5.10 Å². The molecule has 0 spiro atoms. The highest BCUT2D eigenvalue weighted by atomic mass is 79.9. The average molecular weight is 267 g/mol. The summed E-state index contributed by atoms with van der Waals surface area (Å²) in [4.78, 5) is 0. The van der Waals surface area contributed by atoms with Crippen molar-refractivity contribution in [3.63, 3.8) is 0 Å². The molecular weight excluding hydrogens is 256 g/mol. The van der Waals surface area contributed by atoms with Crippen LogP contribution < -0.4 is 4.74 Å². The standard InChI is InChI=1S/C7H11BrN2O2S/c1-5(2)11-3-4-12-7-10-9-6(8)13-7/h5H,3-4H2,1-2H3. The summed E-state index contributed by atoms with van der Waals surface area (Å²) < 4.78 is 11.3. The van der Waals surface area contributed by atoms with Gasteiger partial charge in [-0.2, -0.15) is 0 Å². The van der Waals surface area contributed by atoms with Crippen LogP contribution in [0.3, 0.4) is 0 Å². The maximum atomic E-state index is 5.29. The molecule has 0 saturated heterocycles. The van der Waals surface area contributed by atoms with Gasteiger partial charge in [-0.25, -0.2) is 0 Å². The van der Waals surface area contributed by atoms with Gasteiger partial charge in [-0.05, 0) is 41.1 Å². The third-order valence-electron chi connectivity index (χ3n) is 1.14. The van der Waals surface area contributed by atoms with Gasteiger partial charge in [0.15, 0.2) is 3.92 Å². The number of halogens is 1. The van der Waals surface area contributed by atoms with Crippen molar-refractivity contribution in [3.05, 3.63) is 3.92 Å². The minimum absolute atomic E-state index is 0.241. The van der Waals surface area contributed by atoms with Crippen molar-refractivity contribution >= 4 is 27.3 Å². The topological polar surface area (TPSA) is 44.2 Å². The average Bonchev–Trinajstić information content (AvgIpc) is 2.45. The summed E-state index contributed by atoms with van der Waals surface area (Å²) in [6, 6.07) is 0. The number of ether oxygens (including phenoxy) is 2. The van der Waals surface area contributed by atoms with Crippen LogP contribution >= 0.6 is 27.3 Å². The Morgan fingerprint density at radius 2 is 2.15 bits per heavy atom. The van der Waals surface area contributed by atoms with Crippen LogP contribution in [0.5, 0.6) is 5.19 Å². The Kier molecular flexibility index (Phi) is 4.61. The molecule has 0 saturated carbocycles. The lowest BCUT2D eigenvalue weighted by Crippen LogP contribution is -2.11. The molecule has 0 atom stereocenters. The molecule has 0 radical (unpaired) electrons. The minimum atomic E-state index is 0.241. The van der Waals surface area contributed by atoms with Crippen molar-refractivity contribution in [2.45, 2.75) is 20.0 Å². The van der Waals surface area contributed by atoms with Crippen molar-refractivity contribution in [2.24, 2.45) is 0 Å². The van der Waals surface area contributed by atoms with E-state index < -0.39 is 0 Å². The van der Waals surface area contributed by atoms with Gasteiger partial charge >= 0.3 is 0 Å². The maximum Gasteiger partial charge on any atom is 0.294 e. The molecule has 1 aromatic rings. The van der Waals surface area contributed by atoms with E-state index in [9.17, 15) is 0 Å². The second-order valence-electron chi connectivity index (χ2n) is 2.59. The molecule has 1 rings (SSSR count). The van der Waals surface area contributed by atoms with Gasteiger partial charge in [0.25, 0.3) is 5.19 Å². The first-order chi connectivity index (χ1) is 6.18. The maximum absolute atomic E-state index is 5.29. The van der Waals surface area contributed by atoms with E-state index in [0.717, 1.165) is 3.92 Å². The first kappa shape index (κ1) is 10.9. The lowest BCUT2D eigenvalue weighted by atomic mass is 10.5. The molecule has 6 heteroatoms. The number of nitrogens with zero attached hydrogens (tertiary/aromatic N) is 2. The molecule has 0 aromatic carbocycles. The molecule has 13 heavy (non-hydrogen) atoms. The van der Waals surface area contributed by atoms with Crippen LogP contribution in [0.15, 0.2) is 3.92 Å². The largest absolute Gasteiger partial charge is 0.466 e. The summed E-state index contributed by atoms with van der Waals surface area (Å²) in [5.74, 6) is 0. The molecule has 0 unspecified atom stereocenters. The fourth-order valence-electron chi connectivity index (χ4n) is 0.664. The van der Waals surface area contributed by atoms with E-state index in [1.807, 2.05) is 13.8 Å². The SMILES string of the molecule is CC(C)OCCOc1nnc(Br)s1. The quantitative estimate of drug-likeness (QED) is 0.766. The Labute approximate surface area is 89.4 Å². The van der Waals surface area contributed by atoms with Gasteiger partial charge in [0.2, 0.25) is 0 Å². The van der Waals surface area contributed by atoms with Crippen LogP contribution in [0.4, 0.5) is 0 Å². The van der Waals surface area contributed by atoms with Gasteiger partial charge in [-0.15, -0.1) is 5.10 Å². The molecule has 0 bridgehead atoms. The van der Waals surface area contributed by atoms with Crippen molar-refractivity contribution < 1.29 is 9.47 Å². The molecule has 4 nitrogen and oxygen atoms in total. The summed E-state index contributed by atoms with van der Waals surface area (Å²) in [5.41, 5.74) is 0. The summed E-state index contributed by atoms with van der Waals surface area (Å²) in [5, 5.41) is 8.09. The number of hydrogen-bond acceptors (Lipinski definition) is 5. The van der Waals surface area contributed by atoms with Gasteiger partial charge in [0, 0.05) is 0 Å². The highest BCUT2D eigenvalue weighted by Gasteiger charge is 2.01. The van der Waals surface area contributed by atoms with E-state index >= 15 is 0 Å². The Morgan fingerprint density at radius 3 is 2.69 bits per heavy atom. The Balaban J connectivity index is 2.13. The second kappa shape index (κ2) is 5.51. The van der Waals surface area contributed by atoms with Crippen molar-refractivity contribution in [1.82, 2.24) is 10.2 Å². The zero-order valence-electron chi connectivity index (χ0n) is 7.49. The molecule has 0 fully saturated rings. The molecule has 1 aromatic heterocycles. The molecule has 0 amide bonds. The van der Waals surface area contributed by atoms with Crippen molar-refractivity contribution in [2.75, 3.05) is 13.2 Å². The second-order valence-corrected chi connectivity index (χ2v) is 4.81. The van der Waals surface area contributed by atoms with Crippen molar-refractivity contribution in [1.29, 1.82) is 0 Å². The molecule has 0 aliphatic rings. The molecule has 0 aliphatic carbocycles. The van der Waals surface area contributed by atoms with Crippen LogP contribution in [-0.2, 0) is 4.74 Å². The van der Waals surface area contributed by atoms with E-state index in [2.05, 4.69) is 26.1 Å². The third kappa shape index (κ3) is 4.54. The highest BCUT2D eigenvalue weighted by Crippen LogP contribution is 2.21. The van der Waals surface area contributed by atoms with Gasteiger partial charge in [0.1, 0.15) is 6.61 Å². The highest BCUT2D eigenvalue weighted by molar-refractivity contribution is 9.11. The molecular formula is C7H11BrN2O2S. The van der Waals surface area contributed by atoms with E-state index in [0.29, 0.717) is 18.4 Å². The van der Waals surface area contributed by atoms with Crippen LogP contribution in [0.2, 0.25) is 0 Å². The Bertz CT molecular complexity index is 254. The summed E-state index contributed by atoms with van der Waals surface area (Å²) in [6.45, 7) is 5.07. The normalized spacial score (nSPS) is 10.8. The first-order valence-electron chi connectivity index (χ1n) is 3.92. The minimum Gasteiger partial charge on any atom is -0.466 e. The lowest BCUT2D eigenvalue weighted by Gasteiger charge is -2.06. The fraction of sp³-hybridized carbons (Fsp3) is 0.714. The Hall–Kier alpha value is -0.200. The van der Waals surface area contributed by atoms with Gasteiger partial charge in [-0.3, -0.25) is 0 Å². The third-order valence-corrected chi connectivity index (χ3v) is 2.41. The summed E-state index contributed by atoms with van der Waals surface area (Å²) in [6.07, 6.45) is 0.241. The molecule has 1 heterocycles. The predicted octanol–water partition coefficient (Wildman–Crippen LogP) is 2.10. The zero-order valence-corrected chi connectivity index (χ0v) is 9.89.